The molecular formula is C8H15NO4. The highest BCUT2D eigenvalue weighted by molar-refractivity contribution is 5.85. The van der Waals surface area contributed by atoms with Gasteiger partial charge in [-0.3, -0.25) is 14.4 Å². The Labute approximate surface area is 77.6 Å². The van der Waals surface area contributed by atoms with Gasteiger partial charge >= 0.3 is 5.97 Å². The van der Waals surface area contributed by atoms with E-state index in [1.54, 1.807) is 0 Å². The van der Waals surface area contributed by atoms with Gasteiger partial charge in [-0.25, -0.2) is 5.06 Å². The summed E-state index contributed by atoms with van der Waals surface area (Å²) in [5.74, 6) is -0.909. The lowest BCUT2D eigenvalue weighted by Gasteiger charge is -2.26. The normalized spacial score (nSPS) is 10.8. The zero-order valence-corrected chi connectivity index (χ0v) is 8.58. The molecule has 0 N–H and O–H groups in total. The van der Waals surface area contributed by atoms with Crippen LogP contribution in [0.3, 0.4) is 0 Å². The zero-order valence-electron chi connectivity index (χ0n) is 8.58. The van der Waals surface area contributed by atoms with Crippen molar-refractivity contribution in [3.63, 3.8) is 0 Å². The second kappa shape index (κ2) is 4.23. The molecular weight excluding hydrogens is 174 g/mol. The van der Waals surface area contributed by atoms with Crippen LogP contribution in [0.1, 0.15) is 20.8 Å². The summed E-state index contributed by atoms with van der Waals surface area (Å²) in [6, 6.07) is 0. The van der Waals surface area contributed by atoms with Gasteiger partial charge in [0.1, 0.15) is 0 Å². The van der Waals surface area contributed by atoms with E-state index < -0.39 is 17.5 Å². The number of esters is 1. The SMILES string of the molecule is CON(C)C(=O)C(C)(C)OC(C)=O. The Hall–Kier alpha value is -1.10. The van der Waals surface area contributed by atoms with Crippen molar-refractivity contribution < 1.29 is 19.2 Å². The molecule has 0 unspecified atom stereocenters. The highest BCUT2D eigenvalue weighted by atomic mass is 16.7. The summed E-state index contributed by atoms with van der Waals surface area (Å²) < 4.78 is 4.81. The van der Waals surface area contributed by atoms with Gasteiger partial charge in [0, 0.05) is 14.0 Å². The van der Waals surface area contributed by atoms with Crippen LogP contribution < -0.4 is 0 Å². The van der Waals surface area contributed by atoms with Crippen LogP contribution in [-0.2, 0) is 19.2 Å². The van der Waals surface area contributed by atoms with Crippen molar-refractivity contribution in [1.29, 1.82) is 0 Å². The molecule has 0 fully saturated rings. The fourth-order valence-corrected chi connectivity index (χ4v) is 0.865. The van der Waals surface area contributed by atoms with E-state index in [9.17, 15) is 9.59 Å². The molecule has 0 saturated heterocycles. The smallest absolute Gasteiger partial charge is 0.303 e. The number of carbonyl (C=O) groups is 2. The van der Waals surface area contributed by atoms with Crippen molar-refractivity contribution in [2.75, 3.05) is 14.2 Å². The van der Waals surface area contributed by atoms with Crippen LogP contribution in [0.15, 0.2) is 0 Å². The summed E-state index contributed by atoms with van der Waals surface area (Å²) in [5.41, 5.74) is -1.18. The van der Waals surface area contributed by atoms with E-state index in [1.807, 2.05) is 0 Å². The maximum Gasteiger partial charge on any atom is 0.303 e. The van der Waals surface area contributed by atoms with Gasteiger partial charge in [0.15, 0.2) is 5.60 Å². The number of nitrogens with zero attached hydrogens (tertiary/aromatic N) is 1. The van der Waals surface area contributed by atoms with Crippen LogP contribution in [0.5, 0.6) is 0 Å². The molecule has 0 rings (SSSR count). The summed E-state index contributed by atoms with van der Waals surface area (Å²) in [7, 11) is 2.81. The van der Waals surface area contributed by atoms with E-state index in [1.165, 1.54) is 34.9 Å². The fraction of sp³-hybridized carbons (Fsp3) is 0.750. The number of hydrogen-bond acceptors (Lipinski definition) is 4. The van der Waals surface area contributed by atoms with Gasteiger partial charge < -0.3 is 4.74 Å². The van der Waals surface area contributed by atoms with Crippen molar-refractivity contribution in [2.24, 2.45) is 0 Å². The predicted octanol–water partition coefficient (Wildman–Crippen LogP) is 0.348. The maximum atomic E-state index is 11.5. The summed E-state index contributed by atoms with van der Waals surface area (Å²) in [6.45, 7) is 4.26. The average molecular weight is 189 g/mol. The molecule has 13 heavy (non-hydrogen) atoms. The van der Waals surface area contributed by atoms with E-state index in [4.69, 9.17) is 4.74 Å². The van der Waals surface area contributed by atoms with Crippen LogP contribution in [-0.4, -0.2) is 36.7 Å². The van der Waals surface area contributed by atoms with Crippen LogP contribution in [0.2, 0.25) is 0 Å². The van der Waals surface area contributed by atoms with Crippen LogP contribution in [0.25, 0.3) is 0 Å². The summed E-state index contributed by atoms with van der Waals surface area (Å²) in [5, 5.41) is 1.02. The summed E-state index contributed by atoms with van der Waals surface area (Å²) in [4.78, 5) is 26.8. The monoisotopic (exact) mass is 189 g/mol. The predicted molar refractivity (Wildman–Crippen MR) is 45.6 cm³/mol. The lowest BCUT2D eigenvalue weighted by molar-refractivity contribution is -0.193. The quantitative estimate of drug-likeness (QED) is 0.474. The topological polar surface area (TPSA) is 55.8 Å². The lowest BCUT2D eigenvalue weighted by atomic mass is 10.1. The Balaban J connectivity index is 4.44. The van der Waals surface area contributed by atoms with Crippen LogP contribution in [0.4, 0.5) is 0 Å². The molecule has 0 atom stereocenters. The van der Waals surface area contributed by atoms with Gasteiger partial charge in [-0.05, 0) is 13.8 Å². The Bertz CT molecular complexity index is 212. The van der Waals surface area contributed by atoms with Crippen molar-refractivity contribution in [2.45, 2.75) is 26.4 Å². The molecule has 5 heteroatoms. The fourth-order valence-electron chi connectivity index (χ4n) is 0.865. The highest BCUT2D eigenvalue weighted by Crippen LogP contribution is 2.12. The molecule has 0 aliphatic rings. The molecule has 76 valence electrons. The van der Waals surface area contributed by atoms with Crippen molar-refractivity contribution in [1.82, 2.24) is 5.06 Å². The highest BCUT2D eigenvalue weighted by Gasteiger charge is 2.33. The minimum atomic E-state index is -1.18. The van der Waals surface area contributed by atoms with E-state index in [0.29, 0.717) is 0 Å². The van der Waals surface area contributed by atoms with Crippen LogP contribution in [0, 0.1) is 0 Å². The first-order chi connectivity index (χ1) is 5.81. The lowest BCUT2D eigenvalue weighted by Crippen LogP contribution is -2.45. The standard InChI is InChI=1S/C8H15NO4/c1-6(10)13-8(2,3)7(11)9(4)12-5/h1-5H3. The number of rotatable bonds is 3. The minimum Gasteiger partial charge on any atom is -0.450 e. The molecule has 5 nitrogen and oxygen atoms in total. The van der Waals surface area contributed by atoms with Gasteiger partial charge in [0.25, 0.3) is 5.91 Å². The van der Waals surface area contributed by atoms with Crippen LogP contribution >= 0.6 is 0 Å². The Morgan fingerprint density at radius 2 is 1.77 bits per heavy atom. The second-order valence-electron chi connectivity index (χ2n) is 3.09. The Morgan fingerprint density at radius 3 is 2.08 bits per heavy atom. The number of ether oxygens (including phenoxy) is 1. The maximum absolute atomic E-state index is 11.5. The molecule has 0 spiro atoms. The molecule has 1 amide bonds. The first-order valence-corrected chi connectivity index (χ1v) is 3.83. The summed E-state index contributed by atoms with van der Waals surface area (Å²) >= 11 is 0. The first-order valence-electron chi connectivity index (χ1n) is 3.83. The van der Waals surface area contributed by atoms with E-state index in [0.717, 1.165) is 5.06 Å². The number of carbonyl (C=O) groups excluding carboxylic acids is 2. The molecule has 0 aliphatic heterocycles. The van der Waals surface area contributed by atoms with Crippen molar-refractivity contribution in [3.05, 3.63) is 0 Å². The minimum absolute atomic E-state index is 0.412. The van der Waals surface area contributed by atoms with E-state index >= 15 is 0 Å². The third-order valence-electron chi connectivity index (χ3n) is 1.47. The van der Waals surface area contributed by atoms with Gasteiger partial charge in [0.2, 0.25) is 0 Å². The van der Waals surface area contributed by atoms with Gasteiger partial charge in [0.05, 0.1) is 7.11 Å². The number of hydroxylamine groups is 2. The third-order valence-corrected chi connectivity index (χ3v) is 1.47. The molecule has 0 heterocycles. The summed E-state index contributed by atoms with van der Waals surface area (Å²) in [6.07, 6.45) is 0. The number of likely N-dealkylation sites (N-methyl/N-ethyl adjacent to an activating group) is 1. The van der Waals surface area contributed by atoms with Gasteiger partial charge in [-0.15, -0.1) is 0 Å². The average Bonchev–Trinajstić information content (AvgIpc) is 1.99. The van der Waals surface area contributed by atoms with E-state index in [2.05, 4.69) is 4.84 Å². The first kappa shape index (κ1) is 11.9. The van der Waals surface area contributed by atoms with Crippen molar-refractivity contribution >= 4 is 11.9 Å². The molecule has 0 aromatic carbocycles. The molecule has 0 saturated carbocycles. The zero-order chi connectivity index (χ0) is 10.6. The number of hydrogen-bond donors (Lipinski definition) is 0. The second-order valence-corrected chi connectivity index (χ2v) is 3.09. The molecule has 0 radical (unpaired) electrons. The van der Waals surface area contributed by atoms with Gasteiger partial charge in [-0.2, -0.15) is 0 Å². The Kier molecular flexibility index (Phi) is 3.87. The number of amides is 1. The van der Waals surface area contributed by atoms with Gasteiger partial charge in [-0.1, -0.05) is 0 Å². The largest absolute Gasteiger partial charge is 0.450 e. The third kappa shape index (κ3) is 3.42. The molecule has 0 aromatic rings. The Morgan fingerprint density at radius 1 is 1.31 bits per heavy atom. The molecule has 0 aromatic heterocycles. The van der Waals surface area contributed by atoms with Crippen molar-refractivity contribution in [3.8, 4) is 0 Å². The van der Waals surface area contributed by atoms with E-state index in [-0.39, 0.29) is 0 Å². The molecule has 0 bridgehead atoms. The molecule has 0 aliphatic carbocycles.